The third-order valence-corrected chi connectivity index (χ3v) is 10.0. The molecule has 4 fully saturated rings. The molecule has 4 aliphatic rings. The van der Waals surface area contributed by atoms with Crippen molar-refractivity contribution in [1.29, 1.82) is 0 Å². The summed E-state index contributed by atoms with van der Waals surface area (Å²) in [6, 6.07) is 0. The Labute approximate surface area is 191 Å². The molecule has 0 aromatic heterocycles. The van der Waals surface area contributed by atoms with Gasteiger partial charge in [0.25, 0.3) is 10.1 Å². The Balaban J connectivity index is 0.00000225. The number of aliphatic hydroxyl groups excluding tert-OH is 1. The van der Waals surface area contributed by atoms with Crippen LogP contribution in [-0.2, 0) is 14.9 Å². The minimum atomic E-state index is -4.25. The molecule has 0 heterocycles. The van der Waals surface area contributed by atoms with E-state index in [1.807, 2.05) is 0 Å². The number of Topliss-reactive ketones (excluding diaryl/α,β-unsaturated/α-hetero) is 1. The first-order chi connectivity index (χ1) is 12.5. The second kappa shape index (κ2) is 7.90. The van der Waals surface area contributed by atoms with Gasteiger partial charge in [-0.3, -0.25) is 9.35 Å². The van der Waals surface area contributed by atoms with Gasteiger partial charge < -0.3 is 5.11 Å². The Morgan fingerprint density at radius 2 is 1.61 bits per heavy atom. The molecule has 0 amide bonds. The second-order valence-corrected chi connectivity index (χ2v) is 11.9. The first kappa shape index (κ1) is 23.2. The van der Waals surface area contributed by atoms with Gasteiger partial charge in [-0.15, -0.1) is 0 Å². The van der Waals surface area contributed by atoms with Crippen molar-refractivity contribution >= 4 is 45.5 Å². The molecule has 7 heteroatoms. The SMILES string of the molecule is C[C@]12CC[C@H]3[C@@H](CCC4CC(O)CC[C@@]43C)[C@@H]1CC[C@@H]2C(=O)CS(=O)(=O)O.[NaH]. The summed E-state index contributed by atoms with van der Waals surface area (Å²) < 4.78 is 31.6. The molecule has 0 aliphatic heterocycles. The standard InChI is InChI=1S/C21H34O5S.Na.H/c1-20-9-7-14(22)11-13(20)3-4-15-16-5-6-18(19(23)12-27(24,25)26)21(16,2)10-8-17(15)20;;/h13-18,22H,3-12H2,1-2H3,(H,24,25,26);;/t13?,14?,15-,16-,17-,18+,20-,21-;;/m0../s1. The van der Waals surface area contributed by atoms with Gasteiger partial charge >= 0.3 is 29.6 Å². The van der Waals surface area contributed by atoms with Crippen molar-refractivity contribution < 1.29 is 22.9 Å². The normalized spacial score (nSPS) is 48.0. The number of hydrogen-bond acceptors (Lipinski definition) is 4. The molecule has 8 atom stereocenters. The fourth-order valence-corrected chi connectivity index (χ4v) is 8.61. The van der Waals surface area contributed by atoms with Crippen molar-refractivity contribution in [3.63, 3.8) is 0 Å². The van der Waals surface area contributed by atoms with Crippen LogP contribution in [0.5, 0.6) is 0 Å². The zero-order valence-electron chi connectivity index (χ0n) is 16.6. The summed E-state index contributed by atoms with van der Waals surface area (Å²) in [5.41, 5.74) is 0.181. The van der Waals surface area contributed by atoms with Crippen LogP contribution in [0.15, 0.2) is 0 Å². The number of hydrogen-bond donors (Lipinski definition) is 2. The third-order valence-electron chi connectivity index (χ3n) is 9.35. The van der Waals surface area contributed by atoms with E-state index in [0.717, 1.165) is 44.9 Å². The fraction of sp³-hybridized carbons (Fsp3) is 0.952. The van der Waals surface area contributed by atoms with E-state index in [2.05, 4.69) is 13.8 Å². The molecule has 0 saturated heterocycles. The van der Waals surface area contributed by atoms with Crippen LogP contribution in [0, 0.1) is 40.4 Å². The van der Waals surface area contributed by atoms with Gasteiger partial charge in [-0.1, -0.05) is 13.8 Å². The zero-order chi connectivity index (χ0) is 19.6. The van der Waals surface area contributed by atoms with Gasteiger partial charge in [-0.05, 0) is 92.3 Å². The van der Waals surface area contributed by atoms with Crippen molar-refractivity contribution in [3.8, 4) is 0 Å². The summed E-state index contributed by atoms with van der Waals surface area (Å²) in [6.45, 7) is 4.64. The summed E-state index contributed by atoms with van der Waals surface area (Å²) in [7, 11) is -4.25. The van der Waals surface area contributed by atoms with Gasteiger partial charge in [0.1, 0.15) is 5.75 Å². The molecule has 5 nitrogen and oxygen atoms in total. The number of aliphatic hydroxyl groups is 1. The van der Waals surface area contributed by atoms with Crippen molar-refractivity contribution in [2.75, 3.05) is 5.75 Å². The molecule has 2 N–H and O–H groups in total. The van der Waals surface area contributed by atoms with Crippen molar-refractivity contribution in [2.24, 2.45) is 40.4 Å². The average Bonchev–Trinajstić information content (AvgIpc) is 2.91. The Morgan fingerprint density at radius 3 is 2.29 bits per heavy atom. The monoisotopic (exact) mass is 422 g/mol. The summed E-state index contributed by atoms with van der Waals surface area (Å²) in [5.74, 6) is 1.12. The average molecular weight is 423 g/mol. The van der Waals surface area contributed by atoms with Gasteiger partial charge in [-0.25, -0.2) is 0 Å². The van der Waals surface area contributed by atoms with Gasteiger partial charge in [0.05, 0.1) is 6.10 Å². The van der Waals surface area contributed by atoms with Crippen LogP contribution in [0.1, 0.15) is 71.6 Å². The molecular formula is C21H35NaO5S. The molecule has 0 radical (unpaired) electrons. The number of rotatable bonds is 3. The maximum atomic E-state index is 12.6. The van der Waals surface area contributed by atoms with E-state index in [4.69, 9.17) is 4.55 Å². The predicted octanol–water partition coefficient (Wildman–Crippen LogP) is 2.81. The Kier molecular flexibility index (Phi) is 6.55. The first-order valence-electron chi connectivity index (χ1n) is 10.7. The molecule has 4 rings (SSSR count). The van der Waals surface area contributed by atoms with Crippen molar-refractivity contribution in [2.45, 2.75) is 77.7 Å². The van der Waals surface area contributed by atoms with Crippen LogP contribution in [0.2, 0.25) is 0 Å². The van der Waals surface area contributed by atoms with Crippen molar-refractivity contribution in [1.82, 2.24) is 0 Å². The van der Waals surface area contributed by atoms with Crippen LogP contribution < -0.4 is 0 Å². The summed E-state index contributed by atoms with van der Waals surface area (Å²) in [5, 5.41) is 10.1. The molecule has 4 saturated carbocycles. The summed E-state index contributed by atoms with van der Waals surface area (Å²) >= 11 is 0. The van der Waals surface area contributed by atoms with E-state index in [1.54, 1.807) is 0 Å². The predicted molar refractivity (Wildman–Crippen MR) is 110 cm³/mol. The summed E-state index contributed by atoms with van der Waals surface area (Å²) in [6.07, 6.45) is 9.02. The molecule has 0 spiro atoms. The molecule has 4 aliphatic carbocycles. The Bertz CT molecular complexity index is 724. The molecule has 0 aromatic carbocycles. The molecule has 2 unspecified atom stereocenters. The van der Waals surface area contributed by atoms with E-state index in [9.17, 15) is 18.3 Å². The number of fused-ring (bicyclic) bond motifs is 5. The van der Waals surface area contributed by atoms with Crippen LogP contribution in [0.25, 0.3) is 0 Å². The van der Waals surface area contributed by atoms with Crippen LogP contribution >= 0.6 is 0 Å². The molecular weight excluding hydrogens is 387 g/mol. The van der Waals surface area contributed by atoms with Crippen LogP contribution in [0.4, 0.5) is 0 Å². The number of carbonyl (C=O) groups is 1. The quantitative estimate of drug-likeness (QED) is 0.539. The van der Waals surface area contributed by atoms with Gasteiger partial charge in [-0.2, -0.15) is 8.42 Å². The van der Waals surface area contributed by atoms with E-state index < -0.39 is 15.9 Å². The van der Waals surface area contributed by atoms with Crippen LogP contribution in [0.3, 0.4) is 0 Å². The summed E-state index contributed by atoms with van der Waals surface area (Å²) in [4.78, 5) is 12.6. The maximum absolute atomic E-state index is 12.6. The fourth-order valence-electron chi connectivity index (χ4n) is 8.04. The van der Waals surface area contributed by atoms with E-state index in [0.29, 0.717) is 29.1 Å². The van der Waals surface area contributed by atoms with Crippen molar-refractivity contribution in [3.05, 3.63) is 0 Å². The number of ketones is 1. The van der Waals surface area contributed by atoms with Gasteiger partial charge in [0.15, 0.2) is 5.78 Å². The minimum absolute atomic E-state index is 0. The second-order valence-electron chi connectivity index (χ2n) is 10.5. The number of carbonyl (C=O) groups excluding carboxylic acids is 1. The molecule has 156 valence electrons. The Hall–Kier alpha value is 0.540. The van der Waals surface area contributed by atoms with Crippen LogP contribution in [-0.4, -0.2) is 65.3 Å². The molecule has 28 heavy (non-hydrogen) atoms. The van der Waals surface area contributed by atoms with Gasteiger partial charge in [0, 0.05) is 5.92 Å². The van der Waals surface area contributed by atoms with Gasteiger partial charge in [0.2, 0.25) is 0 Å². The third kappa shape index (κ3) is 3.80. The van der Waals surface area contributed by atoms with E-state index in [1.165, 1.54) is 12.8 Å². The first-order valence-corrected chi connectivity index (χ1v) is 12.3. The Morgan fingerprint density at radius 1 is 0.964 bits per heavy atom. The topological polar surface area (TPSA) is 91.7 Å². The zero-order valence-corrected chi connectivity index (χ0v) is 17.4. The van der Waals surface area contributed by atoms with E-state index in [-0.39, 0.29) is 52.8 Å². The van der Waals surface area contributed by atoms with E-state index >= 15 is 0 Å². The molecule has 0 aromatic rings. The molecule has 0 bridgehead atoms.